The van der Waals surface area contributed by atoms with E-state index in [0.717, 1.165) is 19.4 Å². The number of aromatic carboxylic acids is 1. The van der Waals surface area contributed by atoms with Gasteiger partial charge < -0.3 is 16.2 Å². The van der Waals surface area contributed by atoms with Gasteiger partial charge in [-0.3, -0.25) is 9.69 Å². The van der Waals surface area contributed by atoms with Crippen molar-refractivity contribution in [3.05, 3.63) is 29.3 Å². The van der Waals surface area contributed by atoms with Crippen molar-refractivity contribution in [2.45, 2.75) is 25.4 Å². The number of nitrogen functional groups attached to an aromatic ring is 1. The summed E-state index contributed by atoms with van der Waals surface area (Å²) in [6.07, 6.45) is 1.73. The van der Waals surface area contributed by atoms with Crippen LogP contribution in [0.25, 0.3) is 0 Å². The summed E-state index contributed by atoms with van der Waals surface area (Å²) in [4.78, 5) is 25.1. The Labute approximate surface area is 117 Å². The third-order valence-corrected chi connectivity index (χ3v) is 3.68. The number of anilines is 1. The van der Waals surface area contributed by atoms with Crippen molar-refractivity contribution in [2.24, 2.45) is 0 Å². The number of rotatable bonds is 4. The summed E-state index contributed by atoms with van der Waals surface area (Å²) in [7, 11) is 1.61. The molecule has 1 aromatic rings. The van der Waals surface area contributed by atoms with Crippen molar-refractivity contribution in [3.63, 3.8) is 0 Å². The molecule has 1 aliphatic heterocycles. The number of carboxylic acids is 1. The van der Waals surface area contributed by atoms with Crippen LogP contribution in [-0.4, -0.2) is 41.5 Å². The molecule has 0 aliphatic carbocycles. The van der Waals surface area contributed by atoms with Crippen LogP contribution >= 0.6 is 0 Å². The molecule has 1 heterocycles. The lowest BCUT2D eigenvalue weighted by Gasteiger charge is -2.24. The average Bonchev–Trinajstić information content (AvgIpc) is 2.85. The van der Waals surface area contributed by atoms with Crippen molar-refractivity contribution >= 4 is 17.6 Å². The maximum atomic E-state index is 11.8. The normalized spacial score (nSPS) is 18.9. The van der Waals surface area contributed by atoms with Crippen LogP contribution in [0.2, 0.25) is 0 Å². The molecule has 0 spiro atoms. The molecule has 0 aromatic heterocycles. The number of nitrogens with two attached hydrogens (primary N) is 1. The van der Waals surface area contributed by atoms with Crippen LogP contribution < -0.4 is 11.1 Å². The van der Waals surface area contributed by atoms with E-state index in [0.29, 0.717) is 12.1 Å². The van der Waals surface area contributed by atoms with Gasteiger partial charge in [0.15, 0.2) is 0 Å². The third kappa shape index (κ3) is 2.75. The third-order valence-electron chi connectivity index (χ3n) is 3.68. The highest BCUT2D eigenvalue weighted by atomic mass is 16.4. The van der Waals surface area contributed by atoms with Crippen molar-refractivity contribution < 1.29 is 14.7 Å². The van der Waals surface area contributed by atoms with Gasteiger partial charge in [-0.05, 0) is 31.0 Å². The zero-order valence-electron chi connectivity index (χ0n) is 11.4. The van der Waals surface area contributed by atoms with Gasteiger partial charge in [-0.2, -0.15) is 0 Å². The molecule has 1 aliphatic rings. The number of likely N-dealkylation sites (tertiary alicyclic amines) is 1. The number of carbonyl (C=O) groups excluding carboxylic acids is 1. The second-order valence-corrected chi connectivity index (χ2v) is 4.93. The van der Waals surface area contributed by atoms with E-state index in [1.54, 1.807) is 25.2 Å². The van der Waals surface area contributed by atoms with Crippen LogP contribution in [0.15, 0.2) is 18.2 Å². The van der Waals surface area contributed by atoms with Gasteiger partial charge in [0.25, 0.3) is 0 Å². The number of hydrogen-bond donors (Lipinski definition) is 3. The second-order valence-electron chi connectivity index (χ2n) is 4.93. The summed E-state index contributed by atoms with van der Waals surface area (Å²) in [5.41, 5.74) is 6.77. The van der Waals surface area contributed by atoms with E-state index in [2.05, 4.69) is 5.32 Å². The lowest BCUT2D eigenvalue weighted by Crippen LogP contribution is -2.41. The Bertz CT molecular complexity index is 530. The van der Waals surface area contributed by atoms with E-state index in [9.17, 15) is 14.7 Å². The predicted molar refractivity (Wildman–Crippen MR) is 75.3 cm³/mol. The van der Waals surface area contributed by atoms with Gasteiger partial charge in [0.05, 0.1) is 11.6 Å². The maximum Gasteiger partial charge on any atom is 0.338 e. The van der Waals surface area contributed by atoms with Crippen LogP contribution in [0, 0.1) is 0 Å². The first kappa shape index (κ1) is 14.3. The van der Waals surface area contributed by atoms with E-state index in [4.69, 9.17) is 5.73 Å². The molecular weight excluding hydrogens is 258 g/mol. The maximum absolute atomic E-state index is 11.8. The highest BCUT2D eigenvalue weighted by Crippen LogP contribution is 2.24. The number of amides is 1. The fourth-order valence-corrected chi connectivity index (χ4v) is 2.71. The Morgan fingerprint density at radius 2 is 2.25 bits per heavy atom. The van der Waals surface area contributed by atoms with Gasteiger partial charge in [-0.25, -0.2) is 4.79 Å². The molecule has 6 heteroatoms. The summed E-state index contributed by atoms with van der Waals surface area (Å²) >= 11 is 0. The van der Waals surface area contributed by atoms with Gasteiger partial charge in [-0.15, -0.1) is 0 Å². The van der Waals surface area contributed by atoms with Crippen molar-refractivity contribution in [1.29, 1.82) is 0 Å². The molecular formula is C14H19N3O3. The molecule has 1 unspecified atom stereocenters. The summed E-state index contributed by atoms with van der Waals surface area (Å²) in [6.45, 7) is 1.21. The Balaban J connectivity index is 2.24. The average molecular weight is 277 g/mol. The topological polar surface area (TPSA) is 95.7 Å². The summed E-state index contributed by atoms with van der Waals surface area (Å²) in [6, 6.07) is 4.87. The Morgan fingerprint density at radius 3 is 2.90 bits per heavy atom. The van der Waals surface area contributed by atoms with Gasteiger partial charge in [0, 0.05) is 19.3 Å². The molecule has 1 aromatic carbocycles. The van der Waals surface area contributed by atoms with Gasteiger partial charge in [-0.1, -0.05) is 12.1 Å². The molecule has 0 saturated carbocycles. The minimum atomic E-state index is -1.03. The van der Waals surface area contributed by atoms with Crippen molar-refractivity contribution in [2.75, 3.05) is 19.3 Å². The van der Waals surface area contributed by atoms with Crippen LogP contribution in [0.1, 0.15) is 28.8 Å². The zero-order chi connectivity index (χ0) is 14.7. The summed E-state index contributed by atoms with van der Waals surface area (Å²) in [5.74, 6) is -1.06. The molecule has 0 radical (unpaired) electrons. The quantitative estimate of drug-likeness (QED) is 0.703. The van der Waals surface area contributed by atoms with Crippen molar-refractivity contribution in [3.8, 4) is 0 Å². The zero-order valence-corrected chi connectivity index (χ0v) is 11.4. The fraction of sp³-hybridized carbons (Fsp3) is 0.429. The molecule has 0 bridgehead atoms. The van der Waals surface area contributed by atoms with Gasteiger partial charge in [0.1, 0.15) is 0 Å². The molecule has 108 valence electrons. The van der Waals surface area contributed by atoms with E-state index in [1.807, 2.05) is 4.90 Å². The minimum Gasteiger partial charge on any atom is -0.478 e. The standard InChI is InChI=1S/C14H19N3O3/c1-16-13(18)11-6-3-7-17(11)8-9-4-2-5-10(15)12(9)14(19)20/h2,4-5,11H,3,6-8,15H2,1H3,(H,16,18)(H,19,20). The molecule has 2 rings (SSSR count). The fourth-order valence-electron chi connectivity index (χ4n) is 2.71. The first-order chi connectivity index (χ1) is 9.54. The number of hydrogen-bond acceptors (Lipinski definition) is 4. The molecule has 4 N–H and O–H groups in total. The SMILES string of the molecule is CNC(=O)C1CCCN1Cc1cccc(N)c1C(=O)O. The monoisotopic (exact) mass is 277 g/mol. The number of carbonyl (C=O) groups is 2. The van der Waals surface area contributed by atoms with E-state index in [1.165, 1.54) is 0 Å². The van der Waals surface area contributed by atoms with Crippen LogP contribution in [0.4, 0.5) is 5.69 Å². The van der Waals surface area contributed by atoms with E-state index < -0.39 is 5.97 Å². The molecule has 1 saturated heterocycles. The summed E-state index contributed by atoms with van der Waals surface area (Å²) < 4.78 is 0. The summed E-state index contributed by atoms with van der Waals surface area (Å²) in [5, 5.41) is 11.9. The van der Waals surface area contributed by atoms with Crippen LogP contribution in [0.5, 0.6) is 0 Å². The number of nitrogens with zero attached hydrogens (tertiary/aromatic N) is 1. The molecule has 6 nitrogen and oxygen atoms in total. The van der Waals surface area contributed by atoms with Gasteiger partial charge >= 0.3 is 5.97 Å². The highest BCUT2D eigenvalue weighted by molar-refractivity contribution is 5.95. The minimum absolute atomic E-state index is 0.0247. The molecule has 1 fully saturated rings. The molecule has 1 amide bonds. The van der Waals surface area contributed by atoms with E-state index >= 15 is 0 Å². The number of carboxylic acid groups (broad SMARTS) is 1. The smallest absolute Gasteiger partial charge is 0.338 e. The van der Waals surface area contributed by atoms with Gasteiger partial charge in [0.2, 0.25) is 5.91 Å². The Kier molecular flexibility index (Phi) is 4.24. The Morgan fingerprint density at radius 1 is 1.50 bits per heavy atom. The molecule has 1 atom stereocenters. The molecule has 20 heavy (non-hydrogen) atoms. The highest BCUT2D eigenvalue weighted by Gasteiger charge is 2.30. The van der Waals surface area contributed by atoms with Crippen LogP contribution in [-0.2, 0) is 11.3 Å². The first-order valence-electron chi connectivity index (χ1n) is 6.61. The first-order valence-corrected chi connectivity index (χ1v) is 6.61. The lowest BCUT2D eigenvalue weighted by molar-refractivity contribution is -0.125. The Hall–Kier alpha value is -2.08. The number of benzene rings is 1. The number of likely N-dealkylation sites (N-methyl/N-ethyl adjacent to an activating group) is 1. The second kappa shape index (κ2) is 5.92. The lowest BCUT2D eigenvalue weighted by atomic mass is 10.0. The van der Waals surface area contributed by atoms with Crippen LogP contribution in [0.3, 0.4) is 0 Å². The number of nitrogens with one attached hydrogen (secondary N) is 1. The van der Waals surface area contributed by atoms with Crippen molar-refractivity contribution in [1.82, 2.24) is 10.2 Å². The van der Waals surface area contributed by atoms with E-state index in [-0.39, 0.29) is 23.2 Å². The largest absolute Gasteiger partial charge is 0.478 e. The predicted octanol–water partition coefficient (Wildman–Crippen LogP) is 0.677.